The molecule has 1 aromatic carbocycles. The molecule has 0 saturated carbocycles. The van der Waals surface area contributed by atoms with Gasteiger partial charge in [0.05, 0.1) is 4.92 Å². The van der Waals surface area contributed by atoms with E-state index in [9.17, 15) is 18.5 Å². The second kappa shape index (κ2) is 7.63. The molecule has 0 bridgehead atoms. The largest absolute Gasteiger partial charge is 0.348 e. The molecule has 2 aromatic rings. The Morgan fingerprint density at radius 3 is 2.38 bits per heavy atom. The lowest BCUT2D eigenvalue weighted by Gasteiger charge is -2.33. The molecule has 2 heterocycles. The normalized spacial score (nSPS) is 16.1. The third-order valence-corrected chi connectivity index (χ3v) is 5.66. The minimum absolute atomic E-state index is 0.0761. The van der Waals surface area contributed by atoms with E-state index < -0.39 is 14.9 Å². The molecule has 9 heteroatoms. The Bertz CT molecular complexity index is 907. The fourth-order valence-corrected chi connectivity index (χ4v) is 3.92. The Labute approximate surface area is 151 Å². The number of hydrogen-bond donors (Lipinski definition) is 0. The van der Waals surface area contributed by atoms with Crippen LogP contribution < -0.4 is 4.90 Å². The highest BCUT2D eigenvalue weighted by atomic mass is 32.2. The summed E-state index contributed by atoms with van der Waals surface area (Å²) in [7, 11) is -3.54. The fraction of sp³-hybridized carbons (Fsp3) is 0.235. The van der Waals surface area contributed by atoms with E-state index in [4.69, 9.17) is 0 Å². The molecule has 136 valence electrons. The minimum atomic E-state index is -3.54. The standard InChI is InChI=1S/C17H18N4O4S/c22-21(23)16-7-4-9-18-17(16)19-10-12-20(13-11-19)26(24,25)14-8-15-5-2-1-3-6-15/h1-9,14H,10-13H2/b14-8+. The summed E-state index contributed by atoms with van der Waals surface area (Å²) in [5.41, 5.74) is 0.728. The molecule has 1 fully saturated rings. The van der Waals surface area contributed by atoms with Gasteiger partial charge in [0.2, 0.25) is 15.8 Å². The van der Waals surface area contributed by atoms with E-state index in [1.165, 1.54) is 28.0 Å². The van der Waals surface area contributed by atoms with Gasteiger partial charge in [0.25, 0.3) is 0 Å². The zero-order valence-electron chi connectivity index (χ0n) is 13.9. The SMILES string of the molecule is O=[N+]([O-])c1cccnc1N1CCN(S(=O)(=O)/C=C/c2ccccc2)CC1. The third kappa shape index (κ3) is 4.06. The van der Waals surface area contributed by atoms with Crippen molar-refractivity contribution in [1.29, 1.82) is 0 Å². The van der Waals surface area contributed by atoms with Crippen LogP contribution in [-0.2, 0) is 10.0 Å². The molecule has 3 rings (SSSR count). The Kier molecular flexibility index (Phi) is 5.29. The van der Waals surface area contributed by atoms with Crippen LogP contribution in [0.2, 0.25) is 0 Å². The molecular formula is C17H18N4O4S. The topological polar surface area (TPSA) is 96.7 Å². The molecule has 8 nitrogen and oxygen atoms in total. The van der Waals surface area contributed by atoms with Gasteiger partial charge in [-0.05, 0) is 17.7 Å². The molecule has 0 radical (unpaired) electrons. The van der Waals surface area contributed by atoms with Crippen LogP contribution in [0.3, 0.4) is 0 Å². The first kappa shape index (κ1) is 18.0. The number of rotatable bonds is 5. The second-order valence-corrected chi connectivity index (χ2v) is 7.57. The van der Waals surface area contributed by atoms with Crippen LogP contribution in [0.15, 0.2) is 54.1 Å². The lowest BCUT2D eigenvalue weighted by Crippen LogP contribution is -2.48. The number of anilines is 1. The van der Waals surface area contributed by atoms with Crippen LogP contribution in [0, 0.1) is 10.1 Å². The van der Waals surface area contributed by atoms with Crippen LogP contribution in [-0.4, -0.2) is 48.8 Å². The second-order valence-electron chi connectivity index (χ2n) is 5.75. The monoisotopic (exact) mass is 374 g/mol. The van der Waals surface area contributed by atoms with Crippen molar-refractivity contribution < 1.29 is 13.3 Å². The molecular weight excluding hydrogens is 356 g/mol. The highest BCUT2D eigenvalue weighted by Gasteiger charge is 2.28. The van der Waals surface area contributed by atoms with Crippen molar-refractivity contribution in [2.45, 2.75) is 0 Å². The number of pyridine rings is 1. The van der Waals surface area contributed by atoms with Gasteiger partial charge in [0.1, 0.15) is 0 Å². The first-order valence-electron chi connectivity index (χ1n) is 8.05. The molecule has 0 aliphatic carbocycles. The summed E-state index contributed by atoms with van der Waals surface area (Å²) in [6.07, 6.45) is 3.05. The summed E-state index contributed by atoms with van der Waals surface area (Å²) >= 11 is 0. The zero-order chi connectivity index (χ0) is 18.6. The number of benzene rings is 1. The molecule has 1 aliphatic rings. The van der Waals surface area contributed by atoms with Crippen molar-refractivity contribution >= 4 is 27.6 Å². The molecule has 0 atom stereocenters. The number of aromatic nitrogens is 1. The van der Waals surface area contributed by atoms with Crippen LogP contribution in [0.5, 0.6) is 0 Å². The Balaban J connectivity index is 1.68. The smallest absolute Gasteiger partial charge is 0.311 e. The molecule has 26 heavy (non-hydrogen) atoms. The highest BCUT2D eigenvalue weighted by Crippen LogP contribution is 2.26. The Morgan fingerprint density at radius 2 is 1.73 bits per heavy atom. The summed E-state index contributed by atoms with van der Waals surface area (Å²) in [6, 6.07) is 12.1. The average molecular weight is 374 g/mol. The maximum atomic E-state index is 12.5. The van der Waals surface area contributed by atoms with E-state index in [-0.39, 0.29) is 24.6 Å². The molecule has 1 aliphatic heterocycles. The predicted molar refractivity (Wildman–Crippen MR) is 99.1 cm³/mol. The van der Waals surface area contributed by atoms with Crippen molar-refractivity contribution in [3.63, 3.8) is 0 Å². The highest BCUT2D eigenvalue weighted by molar-refractivity contribution is 7.92. The zero-order valence-corrected chi connectivity index (χ0v) is 14.7. The Morgan fingerprint density at radius 1 is 1.04 bits per heavy atom. The number of nitrogens with zero attached hydrogens (tertiary/aromatic N) is 4. The van der Waals surface area contributed by atoms with Crippen molar-refractivity contribution in [3.05, 3.63) is 69.7 Å². The van der Waals surface area contributed by atoms with Gasteiger partial charge in [0.15, 0.2) is 0 Å². The van der Waals surface area contributed by atoms with Gasteiger partial charge < -0.3 is 4.90 Å². The quantitative estimate of drug-likeness (QED) is 0.587. The molecule has 0 unspecified atom stereocenters. The van der Waals surface area contributed by atoms with Crippen LogP contribution in [0.4, 0.5) is 11.5 Å². The predicted octanol–water partition coefficient (Wildman–Crippen LogP) is 2.11. The number of piperazine rings is 1. The van der Waals surface area contributed by atoms with Gasteiger partial charge in [-0.15, -0.1) is 0 Å². The van der Waals surface area contributed by atoms with Crippen molar-refractivity contribution in [1.82, 2.24) is 9.29 Å². The van der Waals surface area contributed by atoms with E-state index in [2.05, 4.69) is 4.98 Å². The summed E-state index contributed by atoms with van der Waals surface area (Å²) in [4.78, 5) is 16.5. The molecule has 0 amide bonds. The maximum Gasteiger partial charge on any atom is 0.311 e. The lowest BCUT2D eigenvalue weighted by molar-refractivity contribution is -0.384. The summed E-state index contributed by atoms with van der Waals surface area (Å²) in [5.74, 6) is 0.273. The van der Waals surface area contributed by atoms with E-state index in [1.54, 1.807) is 11.0 Å². The van der Waals surface area contributed by atoms with Crippen LogP contribution in [0.1, 0.15) is 5.56 Å². The fourth-order valence-electron chi connectivity index (χ4n) is 2.74. The van der Waals surface area contributed by atoms with Gasteiger partial charge in [-0.3, -0.25) is 10.1 Å². The first-order chi connectivity index (χ1) is 12.5. The lowest BCUT2D eigenvalue weighted by atomic mass is 10.2. The van der Waals surface area contributed by atoms with Crippen LogP contribution in [0.25, 0.3) is 6.08 Å². The van der Waals surface area contributed by atoms with Crippen molar-refractivity contribution in [2.24, 2.45) is 0 Å². The van der Waals surface area contributed by atoms with E-state index >= 15 is 0 Å². The molecule has 0 spiro atoms. The number of nitro groups is 1. The molecule has 1 aromatic heterocycles. The molecule has 1 saturated heterocycles. The summed E-state index contributed by atoms with van der Waals surface area (Å²) in [5, 5.41) is 12.3. The van der Waals surface area contributed by atoms with E-state index in [0.717, 1.165) is 5.56 Å². The van der Waals surface area contributed by atoms with Crippen LogP contribution >= 0.6 is 0 Å². The summed E-state index contributed by atoms with van der Waals surface area (Å²) < 4.78 is 26.3. The van der Waals surface area contributed by atoms with Gasteiger partial charge in [-0.2, -0.15) is 4.31 Å². The molecule has 0 N–H and O–H groups in total. The van der Waals surface area contributed by atoms with E-state index in [0.29, 0.717) is 13.1 Å². The number of sulfonamides is 1. The summed E-state index contributed by atoms with van der Waals surface area (Å²) in [6.45, 7) is 1.18. The van der Waals surface area contributed by atoms with Crippen molar-refractivity contribution in [3.8, 4) is 0 Å². The van der Waals surface area contributed by atoms with Gasteiger partial charge in [-0.1, -0.05) is 30.3 Å². The van der Waals surface area contributed by atoms with Gasteiger partial charge in [-0.25, -0.2) is 13.4 Å². The van der Waals surface area contributed by atoms with E-state index in [1.807, 2.05) is 30.3 Å². The first-order valence-corrected chi connectivity index (χ1v) is 9.55. The van der Waals surface area contributed by atoms with Crippen molar-refractivity contribution in [2.75, 3.05) is 31.1 Å². The number of hydrogen-bond acceptors (Lipinski definition) is 6. The van der Waals surface area contributed by atoms with Gasteiger partial charge >= 0.3 is 5.69 Å². The van der Waals surface area contributed by atoms with Gasteiger partial charge in [0, 0.05) is 43.9 Å². The minimum Gasteiger partial charge on any atom is -0.348 e. The Hall–Kier alpha value is -2.78. The maximum absolute atomic E-state index is 12.5. The third-order valence-electron chi connectivity index (χ3n) is 4.09. The average Bonchev–Trinajstić information content (AvgIpc) is 2.67.